The number of esters is 1. The van der Waals surface area contributed by atoms with Crippen molar-refractivity contribution >= 4 is 18.2 Å². The van der Waals surface area contributed by atoms with E-state index in [1.807, 2.05) is 11.9 Å². The highest BCUT2D eigenvalue weighted by atomic mass is 16.6. The van der Waals surface area contributed by atoms with Crippen LogP contribution >= 0.6 is 0 Å². The topological polar surface area (TPSA) is 97.4 Å². The summed E-state index contributed by atoms with van der Waals surface area (Å²) in [5, 5.41) is 0.956. The van der Waals surface area contributed by atoms with E-state index in [0.717, 1.165) is 5.01 Å². The van der Waals surface area contributed by atoms with Gasteiger partial charge < -0.3 is 19.1 Å². The molecule has 0 unspecified atom stereocenters. The van der Waals surface area contributed by atoms with E-state index in [1.165, 1.54) is 0 Å². The molecule has 0 atom stereocenters. The van der Waals surface area contributed by atoms with Crippen molar-refractivity contribution in [3.05, 3.63) is 0 Å². The third-order valence-electron chi connectivity index (χ3n) is 4.08. The minimum Gasteiger partial charge on any atom is -0.464 e. The molecule has 0 aliphatic carbocycles. The third kappa shape index (κ3) is 6.85. The van der Waals surface area contributed by atoms with Gasteiger partial charge in [0.1, 0.15) is 11.2 Å². The average Bonchev–Trinajstić information content (AvgIpc) is 2.50. The van der Waals surface area contributed by atoms with Crippen molar-refractivity contribution in [1.29, 1.82) is 0 Å². The molecule has 1 rings (SSSR count). The Balaban J connectivity index is 3.28. The van der Waals surface area contributed by atoms with Crippen molar-refractivity contribution in [3.63, 3.8) is 0 Å². The number of nitrogens with one attached hydrogen (secondary N) is 1. The van der Waals surface area contributed by atoms with Crippen molar-refractivity contribution in [2.24, 2.45) is 0 Å². The van der Waals surface area contributed by atoms with E-state index in [2.05, 4.69) is 5.43 Å². The summed E-state index contributed by atoms with van der Waals surface area (Å²) in [4.78, 5) is 40.4. The van der Waals surface area contributed by atoms with Crippen molar-refractivity contribution in [2.45, 2.75) is 78.0 Å². The highest BCUT2D eigenvalue weighted by Gasteiger charge is 2.52. The minimum atomic E-state index is -1.37. The van der Waals surface area contributed by atoms with Crippen LogP contribution in [0.3, 0.4) is 0 Å². The lowest BCUT2D eigenvalue weighted by Gasteiger charge is -2.45. The summed E-state index contributed by atoms with van der Waals surface area (Å²) in [5.41, 5.74) is -0.518. The Kier molecular flexibility index (Phi) is 7.70. The van der Waals surface area contributed by atoms with Crippen LogP contribution < -0.4 is 5.43 Å². The van der Waals surface area contributed by atoms with Gasteiger partial charge >= 0.3 is 18.2 Å². The SMILES string of the molecule is CCOC(=O)C1(N(NC(=O)OC(C)(C)C)C(=O)OC(C)(C)C)CCN(C)CC1. The lowest BCUT2D eigenvalue weighted by atomic mass is 9.87. The molecule has 1 heterocycles. The van der Waals surface area contributed by atoms with Crippen LogP contribution in [0.15, 0.2) is 0 Å². The monoisotopic (exact) mass is 401 g/mol. The lowest BCUT2D eigenvalue weighted by Crippen LogP contribution is -2.67. The largest absolute Gasteiger partial charge is 0.464 e. The second kappa shape index (κ2) is 8.98. The van der Waals surface area contributed by atoms with Gasteiger partial charge in [-0.25, -0.2) is 19.8 Å². The van der Waals surface area contributed by atoms with Gasteiger partial charge in [0.15, 0.2) is 5.54 Å². The van der Waals surface area contributed by atoms with Crippen LogP contribution in [0.5, 0.6) is 0 Å². The molecule has 1 aliphatic rings. The van der Waals surface area contributed by atoms with E-state index in [4.69, 9.17) is 14.2 Å². The molecule has 1 N–H and O–H groups in total. The van der Waals surface area contributed by atoms with Gasteiger partial charge in [0.25, 0.3) is 0 Å². The summed E-state index contributed by atoms with van der Waals surface area (Å²) in [6.07, 6.45) is -1.11. The van der Waals surface area contributed by atoms with E-state index in [1.54, 1.807) is 48.5 Å². The molecule has 2 amide bonds. The zero-order chi connectivity index (χ0) is 21.8. The van der Waals surface area contributed by atoms with Crippen LogP contribution in [0.2, 0.25) is 0 Å². The fraction of sp³-hybridized carbons (Fsp3) is 0.842. The van der Waals surface area contributed by atoms with Gasteiger partial charge in [-0.3, -0.25) is 0 Å². The van der Waals surface area contributed by atoms with E-state index in [0.29, 0.717) is 13.1 Å². The molecule has 9 nitrogen and oxygen atoms in total. The maximum absolute atomic E-state index is 13.0. The first-order chi connectivity index (χ1) is 12.7. The molecule has 0 aromatic heterocycles. The van der Waals surface area contributed by atoms with Crippen molar-refractivity contribution in [2.75, 3.05) is 26.7 Å². The number of piperidine rings is 1. The standard InChI is InChI=1S/C19H35N3O6/c1-9-26-14(23)19(10-12-21(8)13-11-19)22(16(25)28-18(5,6)7)20-15(24)27-17(2,3)4/h9-13H2,1-8H3,(H,20,24). The Morgan fingerprint density at radius 1 is 1.00 bits per heavy atom. The Morgan fingerprint density at radius 2 is 1.50 bits per heavy atom. The van der Waals surface area contributed by atoms with Crippen LogP contribution in [0, 0.1) is 0 Å². The third-order valence-corrected chi connectivity index (χ3v) is 4.08. The van der Waals surface area contributed by atoms with E-state index < -0.39 is 34.9 Å². The molecule has 0 spiro atoms. The minimum absolute atomic E-state index is 0.158. The van der Waals surface area contributed by atoms with Gasteiger partial charge in [0, 0.05) is 13.1 Å². The van der Waals surface area contributed by atoms with Gasteiger partial charge in [-0.05, 0) is 68.4 Å². The van der Waals surface area contributed by atoms with E-state index >= 15 is 0 Å². The first-order valence-electron chi connectivity index (χ1n) is 9.59. The summed E-state index contributed by atoms with van der Waals surface area (Å²) in [5.74, 6) is -0.579. The number of nitrogens with zero attached hydrogens (tertiary/aromatic N) is 2. The first kappa shape index (κ1) is 24.0. The van der Waals surface area contributed by atoms with Crippen LogP contribution in [-0.2, 0) is 19.0 Å². The Bertz CT molecular complexity index is 571. The second-order valence-corrected chi connectivity index (χ2v) is 8.98. The number of hydrogen-bond donors (Lipinski definition) is 1. The maximum atomic E-state index is 13.0. The molecular weight excluding hydrogens is 366 g/mol. The zero-order valence-corrected chi connectivity index (χ0v) is 18.4. The molecule has 1 aliphatic heterocycles. The molecule has 1 saturated heterocycles. The number of carbonyl (C=O) groups excluding carboxylic acids is 3. The molecule has 162 valence electrons. The van der Waals surface area contributed by atoms with Gasteiger partial charge in [0.05, 0.1) is 6.61 Å². The number of hydrogen-bond acceptors (Lipinski definition) is 7. The van der Waals surface area contributed by atoms with Crippen LogP contribution in [-0.4, -0.2) is 71.5 Å². The predicted octanol–water partition coefficient (Wildman–Crippen LogP) is 2.69. The Hall–Kier alpha value is -2.03. The second-order valence-electron chi connectivity index (χ2n) is 8.98. The molecule has 0 aromatic carbocycles. The molecule has 28 heavy (non-hydrogen) atoms. The van der Waals surface area contributed by atoms with Gasteiger partial charge in [-0.1, -0.05) is 0 Å². The number of likely N-dealkylation sites (tertiary alicyclic amines) is 1. The summed E-state index contributed by atoms with van der Waals surface area (Å²) in [6, 6.07) is 0. The fourth-order valence-corrected chi connectivity index (χ4v) is 2.80. The quantitative estimate of drug-likeness (QED) is 0.441. The summed E-state index contributed by atoms with van der Waals surface area (Å²) >= 11 is 0. The lowest BCUT2D eigenvalue weighted by molar-refractivity contribution is -0.163. The molecule has 9 heteroatoms. The average molecular weight is 402 g/mol. The maximum Gasteiger partial charge on any atom is 0.430 e. The summed E-state index contributed by atoms with van der Waals surface area (Å²) in [7, 11) is 1.92. The van der Waals surface area contributed by atoms with Gasteiger partial charge in [-0.2, -0.15) is 5.01 Å². The zero-order valence-electron chi connectivity index (χ0n) is 18.4. The number of carbonyl (C=O) groups is 3. The first-order valence-corrected chi connectivity index (χ1v) is 9.59. The van der Waals surface area contributed by atoms with Gasteiger partial charge in [0.2, 0.25) is 0 Å². The van der Waals surface area contributed by atoms with E-state index in [-0.39, 0.29) is 19.4 Å². The van der Waals surface area contributed by atoms with Crippen molar-refractivity contribution in [1.82, 2.24) is 15.3 Å². The summed E-state index contributed by atoms with van der Waals surface area (Å²) < 4.78 is 16.0. The molecular formula is C19H35N3O6. The Labute approximate surface area is 167 Å². The van der Waals surface area contributed by atoms with E-state index in [9.17, 15) is 14.4 Å². The number of hydrazine groups is 1. The molecule has 0 radical (unpaired) electrons. The highest BCUT2D eigenvalue weighted by molar-refractivity contribution is 5.87. The smallest absolute Gasteiger partial charge is 0.430 e. The normalized spacial score (nSPS) is 17.4. The number of amides is 2. The van der Waals surface area contributed by atoms with Crippen LogP contribution in [0.25, 0.3) is 0 Å². The predicted molar refractivity (Wildman–Crippen MR) is 104 cm³/mol. The Morgan fingerprint density at radius 3 is 1.93 bits per heavy atom. The number of rotatable bonds is 3. The van der Waals surface area contributed by atoms with Crippen LogP contribution in [0.1, 0.15) is 61.3 Å². The molecule has 0 saturated carbocycles. The highest BCUT2D eigenvalue weighted by Crippen LogP contribution is 2.31. The molecule has 0 aromatic rings. The fourth-order valence-electron chi connectivity index (χ4n) is 2.80. The van der Waals surface area contributed by atoms with Gasteiger partial charge in [-0.15, -0.1) is 0 Å². The number of ether oxygens (including phenoxy) is 3. The molecule has 0 bridgehead atoms. The van der Waals surface area contributed by atoms with Crippen LogP contribution in [0.4, 0.5) is 9.59 Å². The van der Waals surface area contributed by atoms with Crippen molar-refractivity contribution in [3.8, 4) is 0 Å². The van der Waals surface area contributed by atoms with Crippen molar-refractivity contribution < 1.29 is 28.6 Å². The summed E-state index contributed by atoms with van der Waals surface area (Å²) in [6.45, 7) is 13.2. The molecule has 1 fully saturated rings.